The van der Waals surface area contributed by atoms with Crippen LogP contribution in [-0.4, -0.2) is 49.0 Å². The number of fused-ring (bicyclic) bond motifs is 1. The average Bonchev–Trinajstić information content (AvgIpc) is 2.78. The van der Waals surface area contributed by atoms with Gasteiger partial charge in [-0.2, -0.15) is 13.2 Å². The van der Waals surface area contributed by atoms with Crippen LogP contribution < -0.4 is 15.0 Å². The van der Waals surface area contributed by atoms with E-state index in [-0.39, 0.29) is 24.7 Å². The molecule has 2 aliphatic rings. The number of carbonyl (C=O) groups excluding carboxylic acids is 2. The maximum atomic E-state index is 13.0. The summed E-state index contributed by atoms with van der Waals surface area (Å²) < 4.78 is 44.8. The van der Waals surface area contributed by atoms with Crippen molar-refractivity contribution in [2.45, 2.75) is 31.5 Å². The van der Waals surface area contributed by atoms with Crippen LogP contribution in [-0.2, 0) is 15.8 Å². The van der Waals surface area contributed by atoms with Gasteiger partial charge in [0, 0.05) is 18.8 Å². The number of nitrogens with zero attached hydrogens (tertiary/aromatic N) is 2. The molecule has 2 aliphatic heterocycles. The third-order valence-corrected chi connectivity index (χ3v) is 5.61. The van der Waals surface area contributed by atoms with Gasteiger partial charge in [0.15, 0.2) is 6.10 Å². The number of alkyl halides is 3. The molecule has 2 aromatic rings. The van der Waals surface area contributed by atoms with Crippen molar-refractivity contribution in [3.63, 3.8) is 0 Å². The van der Waals surface area contributed by atoms with Gasteiger partial charge in [0.05, 0.1) is 24.3 Å². The molecule has 0 saturated carbocycles. The summed E-state index contributed by atoms with van der Waals surface area (Å²) in [4.78, 5) is 29.2. The van der Waals surface area contributed by atoms with Crippen molar-refractivity contribution in [1.29, 1.82) is 0 Å². The van der Waals surface area contributed by atoms with Crippen LogP contribution in [0, 0.1) is 0 Å². The van der Waals surface area contributed by atoms with Gasteiger partial charge in [-0.1, -0.05) is 18.2 Å². The zero-order chi connectivity index (χ0) is 22.7. The minimum Gasteiger partial charge on any atom is -0.477 e. The summed E-state index contributed by atoms with van der Waals surface area (Å²) in [6.45, 7) is 1.44. The van der Waals surface area contributed by atoms with Crippen molar-refractivity contribution in [2.75, 3.05) is 36.4 Å². The Morgan fingerprint density at radius 3 is 2.53 bits per heavy atom. The summed E-state index contributed by atoms with van der Waals surface area (Å²) in [5.41, 5.74) is -0.110. The zero-order valence-corrected chi connectivity index (χ0v) is 17.4. The van der Waals surface area contributed by atoms with Gasteiger partial charge in [-0.25, -0.2) is 0 Å². The fourth-order valence-electron chi connectivity index (χ4n) is 4.05. The number of hydrogen-bond donors (Lipinski definition) is 1. The first-order chi connectivity index (χ1) is 15.3. The molecule has 9 heteroatoms. The molecule has 0 bridgehead atoms. The Kier molecular flexibility index (Phi) is 6.25. The molecule has 32 heavy (non-hydrogen) atoms. The Bertz CT molecular complexity index is 990. The molecule has 0 radical (unpaired) electrons. The normalized spacial score (nSPS) is 18.5. The highest BCUT2D eigenvalue weighted by molar-refractivity contribution is 5.95. The molecule has 2 heterocycles. The van der Waals surface area contributed by atoms with E-state index in [0.29, 0.717) is 24.5 Å². The Morgan fingerprint density at radius 1 is 1.03 bits per heavy atom. The molecule has 1 saturated heterocycles. The van der Waals surface area contributed by atoms with Crippen molar-refractivity contribution in [2.24, 2.45) is 0 Å². The fraction of sp³-hybridized carbons (Fsp3) is 0.391. The molecule has 4 rings (SSSR count). The van der Waals surface area contributed by atoms with E-state index in [0.717, 1.165) is 31.4 Å². The van der Waals surface area contributed by atoms with Crippen LogP contribution >= 0.6 is 0 Å². The number of halogens is 3. The summed E-state index contributed by atoms with van der Waals surface area (Å²) in [5, 5.41) is 2.52. The molecule has 0 aliphatic carbocycles. The highest BCUT2D eigenvalue weighted by atomic mass is 19.4. The van der Waals surface area contributed by atoms with Crippen molar-refractivity contribution in [3.05, 3.63) is 54.1 Å². The smallest absolute Gasteiger partial charge is 0.416 e. The van der Waals surface area contributed by atoms with E-state index in [1.54, 1.807) is 34.1 Å². The number of piperidine rings is 1. The molecule has 170 valence electrons. The first-order valence-corrected chi connectivity index (χ1v) is 10.6. The standard InChI is InChI=1S/C23H24F3N3O3/c24-23(25,26)16-7-6-8-17(13-16)27-21(30)15-29-14-20(22(31)28-11-4-1-5-12-28)32-19-10-3-2-9-18(19)29/h2-3,6-10,13,20H,1,4-5,11-12,14-15H2,(H,27,30). The van der Waals surface area contributed by atoms with Crippen LogP contribution in [0.25, 0.3) is 0 Å². The first-order valence-electron chi connectivity index (χ1n) is 10.6. The number of amides is 2. The van der Waals surface area contributed by atoms with E-state index in [1.807, 2.05) is 0 Å². The molecule has 0 aromatic heterocycles. The Labute approximate surface area is 183 Å². The van der Waals surface area contributed by atoms with Crippen LogP contribution in [0.3, 0.4) is 0 Å². The first kappa shape index (κ1) is 22.0. The van der Waals surface area contributed by atoms with E-state index >= 15 is 0 Å². The van der Waals surface area contributed by atoms with Crippen LogP contribution in [0.1, 0.15) is 24.8 Å². The summed E-state index contributed by atoms with van der Waals surface area (Å²) in [6.07, 6.45) is -2.23. The summed E-state index contributed by atoms with van der Waals surface area (Å²) in [5.74, 6) is -0.0892. The number of ether oxygens (including phenoxy) is 1. The number of para-hydroxylation sites is 2. The highest BCUT2D eigenvalue weighted by Crippen LogP contribution is 2.34. The van der Waals surface area contributed by atoms with Crippen LogP contribution in [0.15, 0.2) is 48.5 Å². The molecule has 1 atom stereocenters. The van der Waals surface area contributed by atoms with E-state index in [4.69, 9.17) is 4.74 Å². The highest BCUT2D eigenvalue weighted by Gasteiger charge is 2.35. The summed E-state index contributed by atoms with van der Waals surface area (Å²) >= 11 is 0. The molecule has 1 fully saturated rings. The van der Waals surface area contributed by atoms with Gasteiger partial charge in [0.1, 0.15) is 5.75 Å². The molecule has 1 N–H and O–H groups in total. The van der Waals surface area contributed by atoms with Crippen molar-refractivity contribution >= 4 is 23.2 Å². The fourth-order valence-corrected chi connectivity index (χ4v) is 4.05. The molecule has 0 spiro atoms. The van der Waals surface area contributed by atoms with Gasteiger partial charge < -0.3 is 19.9 Å². The molecule has 6 nitrogen and oxygen atoms in total. The maximum Gasteiger partial charge on any atom is 0.416 e. The lowest BCUT2D eigenvalue weighted by molar-refractivity contribution is -0.139. The number of benzene rings is 2. The molecular weight excluding hydrogens is 423 g/mol. The SMILES string of the molecule is O=C(CN1CC(C(=O)N2CCCCC2)Oc2ccccc21)Nc1cccc(C(F)(F)F)c1. The van der Waals surface area contributed by atoms with Gasteiger partial charge in [-0.05, 0) is 49.6 Å². The van der Waals surface area contributed by atoms with Gasteiger partial charge in [0.25, 0.3) is 5.91 Å². The van der Waals surface area contributed by atoms with E-state index in [1.165, 1.54) is 12.1 Å². The largest absolute Gasteiger partial charge is 0.477 e. The Hall–Kier alpha value is -3.23. The van der Waals surface area contributed by atoms with Crippen LogP contribution in [0.2, 0.25) is 0 Å². The van der Waals surface area contributed by atoms with Crippen LogP contribution in [0.4, 0.5) is 24.5 Å². The molecule has 2 amide bonds. The summed E-state index contributed by atoms with van der Waals surface area (Å²) in [6, 6.07) is 11.6. The number of rotatable bonds is 4. The zero-order valence-electron chi connectivity index (χ0n) is 17.4. The third-order valence-electron chi connectivity index (χ3n) is 5.61. The van der Waals surface area contributed by atoms with Gasteiger partial charge >= 0.3 is 6.18 Å². The second-order valence-electron chi connectivity index (χ2n) is 7.97. The van der Waals surface area contributed by atoms with Crippen molar-refractivity contribution < 1.29 is 27.5 Å². The van der Waals surface area contributed by atoms with Gasteiger partial charge in [0.2, 0.25) is 5.91 Å². The second-order valence-corrected chi connectivity index (χ2v) is 7.97. The lowest BCUT2D eigenvalue weighted by Gasteiger charge is -2.38. The number of nitrogens with one attached hydrogen (secondary N) is 1. The monoisotopic (exact) mass is 447 g/mol. The lowest BCUT2D eigenvalue weighted by Crippen LogP contribution is -2.52. The second kappa shape index (κ2) is 9.10. The number of hydrogen-bond acceptors (Lipinski definition) is 4. The van der Waals surface area contributed by atoms with E-state index < -0.39 is 23.8 Å². The molecule has 2 aromatic carbocycles. The average molecular weight is 447 g/mol. The third kappa shape index (κ3) is 4.98. The Morgan fingerprint density at radius 2 is 1.78 bits per heavy atom. The number of anilines is 2. The topological polar surface area (TPSA) is 61.9 Å². The Balaban J connectivity index is 1.48. The van der Waals surface area contributed by atoms with Crippen molar-refractivity contribution in [1.82, 2.24) is 4.90 Å². The van der Waals surface area contributed by atoms with Crippen LogP contribution in [0.5, 0.6) is 5.75 Å². The van der Waals surface area contributed by atoms with Gasteiger partial charge in [-0.15, -0.1) is 0 Å². The maximum absolute atomic E-state index is 13.0. The minimum absolute atomic E-state index is 0.0623. The minimum atomic E-state index is -4.49. The lowest BCUT2D eigenvalue weighted by atomic mass is 10.1. The molecule has 1 unspecified atom stereocenters. The van der Waals surface area contributed by atoms with Crippen molar-refractivity contribution in [3.8, 4) is 5.75 Å². The molecular formula is C23H24F3N3O3. The summed E-state index contributed by atoms with van der Waals surface area (Å²) in [7, 11) is 0. The number of carbonyl (C=O) groups is 2. The predicted molar refractivity (Wildman–Crippen MR) is 114 cm³/mol. The van der Waals surface area contributed by atoms with E-state index in [2.05, 4.69) is 5.32 Å². The van der Waals surface area contributed by atoms with Gasteiger partial charge in [-0.3, -0.25) is 9.59 Å². The predicted octanol–water partition coefficient (Wildman–Crippen LogP) is 3.92. The van der Waals surface area contributed by atoms with E-state index in [9.17, 15) is 22.8 Å². The quantitative estimate of drug-likeness (QED) is 0.772. The number of likely N-dealkylation sites (tertiary alicyclic amines) is 1.